The number of benzene rings is 1. The molecule has 1 heterocycles. The van der Waals surface area contributed by atoms with E-state index in [1.54, 1.807) is 13.0 Å². The SMILES string of the molecule is Cc1cc(NC(=O)NCCc2ncno2)ccc1C(=O)O. The zero-order chi connectivity index (χ0) is 15.2. The summed E-state index contributed by atoms with van der Waals surface area (Å²) in [6.45, 7) is 2.02. The fraction of sp³-hybridized carbons (Fsp3) is 0.231. The molecule has 2 rings (SSSR count). The van der Waals surface area contributed by atoms with E-state index in [1.165, 1.54) is 18.5 Å². The maximum Gasteiger partial charge on any atom is 0.335 e. The Bertz CT molecular complexity index is 640. The van der Waals surface area contributed by atoms with Crippen LogP contribution in [0.15, 0.2) is 29.0 Å². The number of carboxylic acids is 1. The van der Waals surface area contributed by atoms with E-state index in [1.807, 2.05) is 0 Å². The lowest BCUT2D eigenvalue weighted by molar-refractivity contribution is 0.0696. The third-order valence-electron chi connectivity index (χ3n) is 2.75. The van der Waals surface area contributed by atoms with Crippen molar-refractivity contribution >= 4 is 17.7 Å². The molecule has 8 nitrogen and oxygen atoms in total. The normalized spacial score (nSPS) is 10.1. The second kappa shape index (κ2) is 6.51. The molecule has 110 valence electrons. The van der Waals surface area contributed by atoms with Crippen molar-refractivity contribution < 1.29 is 19.2 Å². The van der Waals surface area contributed by atoms with Gasteiger partial charge in [-0.3, -0.25) is 0 Å². The van der Waals surface area contributed by atoms with Crippen molar-refractivity contribution in [1.82, 2.24) is 15.5 Å². The van der Waals surface area contributed by atoms with Crippen molar-refractivity contribution in [2.45, 2.75) is 13.3 Å². The van der Waals surface area contributed by atoms with Gasteiger partial charge in [0.1, 0.15) is 0 Å². The van der Waals surface area contributed by atoms with Crippen LogP contribution in [0.2, 0.25) is 0 Å². The van der Waals surface area contributed by atoms with E-state index in [0.717, 1.165) is 0 Å². The molecule has 0 bridgehead atoms. The Balaban J connectivity index is 1.85. The highest BCUT2D eigenvalue weighted by atomic mass is 16.5. The van der Waals surface area contributed by atoms with Crippen LogP contribution in [0, 0.1) is 6.92 Å². The molecule has 0 atom stereocenters. The number of hydrogen-bond acceptors (Lipinski definition) is 5. The molecule has 0 saturated carbocycles. The van der Waals surface area contributed by atoms with Crippen molar-refractivity contribution in [3.05, 3.63) is 41.5 Å². The van der Waals surface area contributed by atoms with Crippen molar-refractivity contribution in [2.24, 2.45) is 0 Å². The molecule has 1 aromatic heterocycles. The van der Waals surface area contributed by atoms with Gasteiger partial charge in [-0.05, 0) is 30.7 Å². The number of amides is 2. The highest BCUT2D eigenvalue weighted by Gasteiger charge is 2.08. The summed E-state index contributed by atoms with van der Waals surface area (Å²) < 4.78 is 4.80. The number of nitrogens with zero attached hydrogens (tertiary/aromatic N) is 2. The molecule has 0 aliphatic carbocycles. The first-order valence-corrected chi connectivity index (χ1v) is 6.20. The lowest BCUT2D eigenvalue weighted by Crippen LogP contribution is -2.30. The van der Waals surface area contributed by atoms with Crippen molar-refractivity contribution in [3.63, 3.8) is 0 Å². The number of anilines is 1. The summed E-state index contributed by atoms with van der Waals surface area (Å²) in [4.78, 5) is 26.4. The van der Waals surface area contributed by atoms with Crippen LogP contribution in [-0.2, 0) is 6.42 Å². The van der Waals surface area contributed by atoms with Crippen molar-refractivity contribution in [1.29, 1.82) is 0 Å². The van der Waals surface area contributed by atoms with E-state index in [9.17, 15) is 9.59 Å². The molecule has 0 unspecified atom stereocenters. The molecule has 0 fully saturated rings. The predicted octanol–water partition coefficient (Wildman–Crippen LogP) is 1.44. The van der Waals surface area contributed by atoms with Gasteiger partial charge in [0.2, 0.25) is 5.89 Å². The minimum absolute atomic E-state index is 0.206. The summed E-state index contributed by atoms with van der Waals surface area (Å²) in [5.41, 5.74) is 1.30. The summed E-state index contributed by atoms with van der Waals surface area (Å²) >= 11 is 0. The van der Waals surface area contributed by atoms with E-state index >= 15 is 0 Å². The molecule has 0 spiro atoms. The van der Waals surface area contributed by atoms with E-state index in [4.69, 9.17) is 9.63 Å². The molecule has 21 heavy (non-hydrogen) atoms. The maximum atomic E-state index is 11.7. The zero-order valence-electron chi connectivity index (χ0n) is 11.3. The van der Waals surface area contributed by atoms with Crippen LogP contribution < -0.4 is 10.6 Å². The van der Waals surface area contributed by atoms with Crippen LogP contribution in [0.4, 0.5) is 10.5 Å². The van der Waals surface area contributed by atoms with Gasteiger partial charge in [-0.25, -0.2) is 9.59 Å². The number of aryl methyl sites for hydroxylation is 1. The average molecular weight is 290 g/mol. The Morgan fingerprint density at radius 2 is 2.19 bits per heavy atom. The molecular weight excluding hydrogens is 276 g/mol. The molecule has 0 aliphatic rings. The summed E-state index contributed by atoms with van der Waals surface area (Å²) in [5.74, 6) is -0.556. The van der Waals surface area contributed by atoms with Gasteiger partial charge in [0.15, 0.2) is 6.33 Å². The van der Waals surface area contributed by atoms with Gasteiger partial charge in [0.25, 0.3) is 0 Å². The average Bonchev–Trinajstić information content (AvgIpc) is 2.91. The van der Waals surface area contributed by atoms with E-state index in [2.05, 4.69) is 20.8 Å². The molecule has 0 radical (unpaired) electrons. The smallest absolute Gasteiger partial charge is 0.335 e. The molecule has 0 saturated heterocycles. The highest BCUT2D eigenvalue weighted by Crippen LogP contribution is 2.15. The van der Waals surface area contributed by atoms with Crippen LogP contribution in [0.25, 0.3) is 0 Å². The van der Waals surface area contributed by atoms with Crippen LogP contribution in [0.5, 0.6) is 0 Å². The van der Waals surface area contributed by atoms with Gasteiger partial charge in [-0.15, -0.1) is 0 Å². The van der Waals surface area contributed by atoms with Gasteiger partial charge in [0, 0.05) is 18.7 Å². The molecule has 3 N–H and O–H groups in total. The lowest BCUT2D eigenvalue weighted by Gasteiger charge is -2.08. The molecule has 2 aromatic rings. The fourth-order valence-corrected chi connectivity index (χ4v) is 1.75. The van der Waals surface area contributed by atoms with Crippen molar-refractivity contribution in [3.8, 4) is 0 Å². The summed E-state index contributed by atoms with van der Waals surface area (Å²) in [7, 11) is 0. The molecule has 2 amide bonds. The number of carbonyl (C=O) groups is 2. The minimum atomic E-state index is -0.997. The number of urea groups is 1. The number of rotatable bonds is 5. The Morgan fingerprint density at radius 3 is 2.81 bits per heavy atom. The zero-order valence-corrected chi connectivity index (χ0v) is 11.3. The first-order chi connectivity index (χ1) is 10.1. The molecule has 1 aromatic carbocycles. The van der Waals surface area contributed by atoms with E-state index in [0.29, 0.717) is 30.1 Å². The van der Waals surface area contributed by atoms with Gasteiger partial charge >= 0.3 is 12.0 Å². The molecule has 0 aliphatic heterocycles. The standard InChI is InChI=1S/C13H14N4O4/c1-8-6-9(2-3-10(8)12(18)19)17-13(20)14-5-4-11-15-7-16-21-11/h2-3,6-7H,4-5H2,1H3,(H,18,19)(H2,14,17,20). The van der Waals surface area contributed by atoms with E-state index in [-0.39, 0.29) is 5.56 Å². The summed E-state index contributed by atoms with van der Waals surface area (Å²) in [6.07, 6.45) is 1.73. The Kier molecular flexibility index (Phi) is 4.50. The quantitative estimate of drug-likeness (QED) is 0.767. The number of carboxylic acid groups (broad SMARTS) is 1. The van der Waals surface area contributed by atoms with Crippen LogP contribution >= 0.6 is 0 Å². The fourth-order valence-electron chi connectivity index (χ4n) is 1.75. The highest BCUT2D eigenvalue weighted by molar-refractivity contribution is 5.92. The second-order valence-corrected chi connectivity index (χ2v) is 4.30. The van der Waals surface area contributed by atoms with Crippen LogP contribution in [0.1, 0.15) is 21.8 Å². The van der Waals surface area contributed by atoms with Gasteiger partial charge < -0.3 is 20.3 Å². The molecule has 8 heteroatoms. The molecular formula is C13H14N4O4. The first kappa shape index (κ1) is 14.5. The maximum absolute atomic E-state index is 11.7. The monoisotopic (exact) mass is 290 g/mol. The van der Waals surface area contributed by atoms with Gasteiger partial charge in [-0.2, -0.15) is 4.98 Å². The Morgan fingerprint density at radius 1 is 1.38 bits per heavy atom. The van der Waals surface area contributed by atoms with Gasteiger partial charge in [-0.1, -0.05) is 5.16 Å². The summed E-state index contributed by atoms with van der Waals surface area (Å²) in [5, 5.41) is 17.6. The number of hydrogen-bond donors (Lipinski definition) is 3. The second-order valence-electron chi connectivity index (χ2n) is 4.30. The minimum Gasteiger partial charge on any atom is -0.478 e. The topological polar surface area (TPSA) is 117 Å². The summed E-state index contributed by atoms with van der Waals surface area (Å²) in [6, 6.07) is 4.19. The van der Waals surface area contributed by atoms with Crippen molar-refractivity contribution in [2.75, 3.05) is 11.9 Å². The largest absolute Gasteiger partial charge is 0.478 e. The number of carbonyl (C=O) groups excluding carboxylic acids is 1. The van der Waals surface area contributed by atoms with Gasteiger partial charge in [0.05, 0.1) is 5.56 Å². The third-order valence-corrected chi connectivity index (χ3v) is 2.75. The first-order valence-electron chi connectivity index (χ1n) is 6.20. The number of aromatic carboxylic acids is 1. The predicted molar refractivity (Wildman–Crippen MR) is 73.2 cm³/mol. The van der Waals surface area contributed by atoms with E-state index < -0.39 is 12.0 Å². The van der Waals surface area contributed by atoms with Crippen LogP contribution in [0.3, 0.4) is 0 Å². The Labute approximate surface area is 120 Å². The third kappa shape index (κ3) is 4.03. The van der Waals surface area contributed by atoms with Crippen LogP contribution in [-0.4, -0.2) is 33.8 Å². The Hall–Kier alpha value is -2.90. The number of nitrogens with one attached hydrogen (secondary N) is 2. The lowest BCUT2D eigenvalue weighted by atomic mass is 10.1. The number of aromatic nitrogens is 2.